The van der Waals surface area contributed by atoms with Crippen molar-refractivity contribution in [3.05, 3.63) is 83.2 Å². The highest BCUT2D eigenvalue weighted by Crippen LogP contribution is 2.36. The second-order valence-corrected chi connectivity index (χ2v) is 7.06. The van der Waals surface area contributed by atoms with Crippen LogP contribution >= 0.6 is 0 Å². The number of nitrogens with zero attached hydrogens (tertiary/aromatic N) is 2. The Bertz CT molecular complexity index is 909. The Labute approximate surface area is 154 Å². The summed E-state index contributed by atoms with van der Waals surface area (Å²) in [6.45, 7) is 5.15. The van der Waals surface area contributed by atoms with Crippen molar-refractivity contribution in [1.29, 1.82) is 0 Å². The molecule has 0 spiro atoms. The van der Waals surface area contributed by atoms with Crippen molar-refractivity contribution in [3.8, 4) is 5.69 Å². The van der Waals surface area contributed by atoms with Crippen LogP contribution in [0.1, 0.15) is 46.2 Å². The summed E-state index contributed by atoms with van der Waals surface area (Å²) < 4.78 is 2.15. The number of para-hydroxylation sites is 1. The molecule has 2 aromatic carbocycles. The van der Waals surface area contributed by atoms with E-state index in [0.717, 1.165) is 35.5 Å². The average Bonchev–Trinajstić information content (AvgIpc) is 3.27. The zero-order chi connectivity index (χ0) is 18.1. The number of hydrogen-bond donors (Lipinski definition) is 0. The highest BCUT2D eigenvalue weighted by molar-refractivity contribution is 5.77. The van der Waals surface area contributed by atoms with E-state index in [-0.39, 0.29) is 0 Å². The third-order valence-corrected chi connectivity index (χ3v) is 5.47. The van der Waals surface area contributed by atoms with Gasteiger partial charge in [-0.05, 0) is 62.6 Å². The molecule has 0 bridgehead atoms. The maximum atomic E-state index is 11.2. The number of benzene rings is 2. The fraction of sp³-hybridized carbons (Fsp3) is 0.261. The van der Waals surface area contributed by atoms with Gasteiger partial charge in [0.2, 0.25) is 0 Å². The molecule has 1 fully saturated rings. The second-order valence-electron chi connectivity index (χ2n) is 7.06. The monoisotopic (exact) mass is 344 g/mol. The molecule has 0 N–H and O–H groups in total. The number of aryl methyl sites for hydroxylation is 1. The standard InChI is InChI=1S/C23H24N2O/c1-17-15-20(16-26)18(2)25(17)22-12-10-19(11-13-22)23-9-6-14-24(23)21-7-4-3-5-8-21/h3-5,7-8,10-13,15-16,23H,6,9,14H2,1-2H3. The van der Waals surface area contributed by atoms with Crippen LogP contribution in [-0.4, -0.2) is 17.4 Å². The van der Waals surface area contributed by atoms with E-state index in [1.165, 1.54) is 24.1 Å². The highest BCUT2D eigenvalue weighted by Gasteiger charge is 2.26. The van der Waals surface area contributed by atoms with Gasteiger partial charge in [0, 0.05) is 34.9 Å². The molecule has 0 saturated carbocycles. The number of carbonyl (C=O) groups is 1. The normalized spacial score (nSPS) is 16.8. The van der Waals surface area contributed by atoms with Crippen molar-refractivity contribution in [2.24, 2.45) is 0 Å². The first-order chi connectivity index (χ1) is 12.7. The predicted molar refractivity (Wildman–Crippen MR) is 106 cm³/mol. The van der Waals surface area contributed by atoms with Crippen LogP contribution in [0, 0.1) is 13.8 Å². The molecule has 1 aromatic heterocycles. The van der Waals surface area contributed by atoms with Crippen LogP contribution in [0.25, 0.3) is 5.69 Å². The molecule has 3 heteroatoms. The predicted octanol–water partition coefficient (Wildman–Crippen LogP) is 5.25. The molecule has 1 atom stereocenters. The molecular formula is C23H24N2O. The minimum Gasteiger partial charge on any atom is -0.364 e. The summed E-state index contributed by atoms with van der Waals surface area (Å²) in [4.78, 5) is 13.7. The lowest BCUT2D eigenvalue weighted by Gasteiger charge is -2.27. The smallest absolute Gasteiger partial charge is 0.151 e. The first-order valence-electron chi connectivity index (χ1n) is 9.25. The van der Waals surface area contributed by atoms with Crippen molar-refractivity contribution in [2.75, 3.05) is 11.4 Å². The van der Waals surface area contributed by atoms with E-state index in [1.54, 1.807) is 0 Å². The van der Waals surface area contributed by atoms with Gasteiger partial charge in [0.05, 0.1) is 6.04 Å². The molecule has 1 saturated heterocycles. The molecule has 4 rings (SSSR count). The fourth-order valence-electron chi connectivity index (χ4n) is 4.19. The lowest BCUT2D eigenvalue weighted by molar-refractivity contribution is 0.112. The zero-order valence-electron chi connectivity index (χ0n) is 15.4. The van der Waals surface area contributed by atoms with Gasteiger partial charge in [-0.3, -0.25) is 4.79 Å². The molecule has 3 nitrogen and oxygen atoms in total. The van der Waals surface area contributed by atoms with Crippen LogP contribution in [0.2, 0.25) is 0 Å². The minimum atomic E-state index is 0.434. The molecule has 2 heterocycles. The van der Waals surface area contributed by atoms with Crippen LogP contribution in [0.15, 0.2) is 60.7 Å². The largest absolute Gasteiger partial charge is 0.364 e. The SMILES string of the molecule is Cc1cc(C=O)c(C)n1-c1ccc(C2CCCN2c2ccccc2)cc1. The molecule has 1 aliphatic rings. The van der Waals surface area contributed by atoms with Gasteiger partial charge in [0.1, 0.15) is 0 Å². The molecule has 1 unspecified atom stereocenters. The van der Waals surface area contributed by atoms with Gasteiger partial charge in [0.25, 0.3) is 0 Å². The van der Waals surface area contributed by atoms with E-state index in [1.807, 2.05) is 19.9 Å². The molecule has 1 aliphatic heterocycles. The van der Waals surface area contributed by atoms with Gasteiger partial charge in [-0.15, -0.1) is 0 Å². The Kier molecular flexibility index (Phi) is 4.37. The fourth-order valence-corrected chi connectivity index (χ4v) is 4.19. The van der Waals surface area contributed by atoms with Crippen LogP contribution in [-0.2, 0) is 0 Å². The van der Waals surface area contributed by atoms with Gasteiger partial charge in [-0.2, -0.15) is 0 Å². The van der Waals surface area contributed by atoms with Gasteiger partial charge in [-0.25, -0.2) is 0 Å². The van der Waals surface area contributed by atoms with Crippen LogP contribution in [0.3, 0.4) is 0 Å². The van der Waals surface area contributed by atoms with E-state index in [2.05, 4.69) is 64.1 Å². The van der Waals surface area contributed by atoms with E-state index in [4.69, 9.17) is 0 Å². The molecule has 0 amide bonds. The summed E-state index contributed by atoms with van der Waals surface area (Å²) in [5.41, 5.74) is 6.61. The van der Waals surface area contributed by atoms with Crippen molar-refractivity contribution in [3.63, 3.8) is 0 Å². The number of anilines is 1. The minimum absolute atomic E-state index is 0.434. The Morgan fingerprint density at radius 3 is 2.35 bits per heavy atom. The van der Waals surface area contributed by atoms with E-state index >= 15 is 0 Å². The maximum absolute atomic E-state index is 11.2. The lowest BCUT2D eigenvalue weighted by Crippen LogP contribution is -2.22. The number of carbonyl (C=O) groups excluding carboxylic acids is 1. The Morgan fingerprint density at radius 2 is 1.69 bits per heavy atom. The molecule has 0 radical (unpaired) electrons. The molecule has 132 valence electrons. The quantitative estimate of drug-likeness (QED) is 0.604. The van der Waals surface area contributed by atoms with E-state index < -0.39 is 0 Å². The summed E-state index contributed by atoms with van der Waals surface area (Å²) in [6, 6.07) is 21.9. The van der Waals surface area contributed by atoms with Gasteiger partial charge in [-0.1, -0.05) is 30.3 Å². The van der Waals surface area contributed by atoms with E-state index in [0.29, 0.717) is 6.04 Å². The lowest BCUT2D eigenvalue weighted by atomic mass is 10.0. The molecule has 0 aliphatic carbocycles. The summed E-state index contributed by atoms with van der Waals surface area (Å²) >= 11 is 0. The van der Waals surface area contributed by atoms with Crippen molar-refractivity contribution < 1.29 is 4.79 Å². The second kappa shape index (κ2) is 6.83. The topological polar surface area (TPSA) is 25.2 Å². The number of aldehydes is 1. The molecule has 26 heavy (non-hydrogen) atoms. The molecular weight excluding hydrogens is 320 g/mol. The maximum Gasteiger partial charge on any atom is 0.151 e. The average molecular weight is 344 g/mol. The Hall–Kier alpha value is -2.81. The van der Waals surface area contributed by atoms with Gasteiger partial charge in [0.15, 0.2) is 6.29 Å². The Balaban J connectivity index is 1.64. The molecule has 3 aromatic rings. The van der Waals surface area contributed by atoms with Crippen molar-refractivity contribution in [2.45, 2.75) is 32.7 Å². The summed E-state index contributed by atoms with van der Waals surface area (Å²) in [7, 11) is 0. The van der Waals surface area contributed by atoms with E-state index in [9.17, 15) is 4.79 Å². The third kappa shape index (κ3) is 2.84. The van der Waals surface area contributed by atoms with Gasteiger partial charge >= 0.3 is 0 Å². The first-order valence-corrected chi connectivity index (χ1v) is 9.25. The highest BCUT2D eigenvalue weighted by atomic mass is 16.1. The van der Waals surface area contributed by atoms with Crippen LogP contribution < -0.4 is 4.90 Å². The number of aromatic nitrogens is 1. The summed E-state index contributed by atoms with van der Waals surface area (Å²) in [5, 5.41) is 0. The first kappa shape index (κ1) is 16.6. The van der Waals surface area contributed by atoms with Crippen LogP contribution in [0.4, 0.5) is 5.69 Å². The Morgan fingerprint density at radius 1 is 0.962 bits per heavy atom. The zero-order valence-corrected chi connectivity index (χ0v) is 15.4. The van der Waals surface area contributed by atoms with Gasteiger partial charge < -0.3 is 9.47 Å². The van der Waals surface area contributed by atoms with Crippen molar-refractivity contribution in [1.82, 2.24) is 4.57 Å². The number of rotatable bonds is 4. The van der Waals surface area contributed by atoms with Crippen molar-refractivity contribution >= 4 is 12.0 Å². The summed E-state index contributed by atoms with van der Waals surface area (Å²) in [6.07, 6.45) is 3.34. The van der Waals surface area contributed by atoms with Crippen LogP contribution in [0.5, 0.6) is 0 Å². The third-order valence-electron chi connectivity index (χ3n) is 5.47. The number of hydrogen-bond acceptors (Lipinski definition) is 2. The summed E-state index contributed by atoms with van der Waals surface area (Å²) in [5.74, 6) is 0.